The van der Waals surface area contributed by atoms with Crippen LogP contribution in [0.25, 0.3) is 11.0 Å². The van der Waals surface area contributed by atoms with Crippen LogP contribution in [-0.4, -0.2) is 107 Å². The standard InChI is InChI=1S/C24H29FN8O2/c25-18-1-3-19(4-2-18)29-21(34)15-30-7-11-32(12-8-30)22(35)16-31-9-13-33(14-10-31)24-20-5-6-26-23(20)27-17-28-24/h1-6,17H,7-16H2,(H,29,34)(H,26,27,28). The Morgan fingerprint density at radius 1 is 0.886 bits per heavy atom. The fourth-order valence-corrected chi connectivity index (χ4v) is 4.61. The lowest BCUT2D eigenvalue weighted by atomic mass is 10.2. The van der Waals surface area contributed by atoms with Crippen molar-refractivity contribution in [2.24, 2.45) is 0 Å². The summed E-state index contributed by atoms with van der Waals surface area (Å²) in [5, 5.41) is 3.80. The van der Waals surface area contributed by atoms with Crippen molar-refractivity contribution in [2.75, 3.05) is 75.7 Å². The maximum atomic E-state index is 13.0. The van der Waals surface area contributed by atoms with Crippen molar-refractivity contribution in [3.63, 3.8) is 0 Å². The first kappa shape index (κ1) is 23.2. The largest absolute Gasteiger partial charge is 0.353 e. The van der Waals surface area contributed by atoms with E-state index < -0.39 is 0 Å². The lowest BCUT2D eigenvalue weighted by Crippen LogP contribution is -2.54. The molecule has 0 aliphatic carbocycles. The molecule has 2 amide bonds. The first-order valence-corrected chi connectivity index (χ1v) is 11.9. The predicted octanol–water partition coefficient (Wildman–Crippen LogP) is 1.00. The first-order valence-electron chi connectivity index (χ1n) is 11.9. The minimum absolute atomic E-state index is 0.129. The summed E-state index contributed by atoms with van der Waals surface area (Å²) in [6.07, 6.45) is 3.45. The second-order valence-electron chi connectivity index (χ2n) is 8.91. The fraction of sp³-hybridized carbons (Fsp3) is 0.417. The quantitative estimate of drug-likeness (QED) is 0.543. The van der Waals surface area contributed by atoms with Gasteiger partial charge in [-0.2, -0.15) is 0 Å². The van der Waals surface area contributed by atoms with Gasteiger partial charge in [0.2, 0.25) is 11.8 Å². The van der Waals surface area contributed by atoms with Gasteiger partial charge in [0.25, 0.3) is 0 Å². The minimum Gasteiger partial charge on any atom is -0.353 e. The molecule has 0 bridgehead atoms. The summed E-state index contributed by atoms with van der Waals surface area (Å²) in [7, 11) is 0. The molecule has 35 heavy (non-hydrogen) atoms. The fourth-order valence-electron chi connectivity index (χ4n) is 4.61. The predicted molar refractivity (Wildman–Crippen MR) is 131 cm³/mol. The van der Waals surface area contributed by atoms with Crippen LogP contribution in [0, 0.1) is 5.82 Å². The SMILES string of the molecule is O=C(CN1CCN(C(=O)CN2CCN(c3ncnc4[nH]ccc34)CC2)CC1)Nc1ccc(F)cc1. The maximum absolute atomic E-state index is 13.0. The van der Waals surface area contributed by atoms with Crippen molar-refractivity contribution in [1.82, 2.24) is 29.7 Å². The number of H-pyrrole nitrogens is 1. The highest BCUT2D eigenvalue weighted by Gasteiger charge is 2.26. The van der Waals surface area contributed by atoms with E-state index >= 15 is 0 Å². The number of carbonyl (C=O) groups excluding carboxylic acids is 2. The van der Waals surface area contributed by atoms with Gasteiger partial charge in [-0.1, -0.05) is 0 Å². The van der Waals surface area contributed by atoms with Crippen LogP contribution < -0.4 is 10.2 Å². The summed E-state index contributed by atoms with van der Waals surface area (Å²) in [6, 6.07) is 7.70. The molecule has 184 valence electrons. The number of piperazine rings is 2. The normalized spacial score (nSPS) is 17.6. The van der Waals surface area contributed by atoms with Gasteiger partial charge in [0.15, 0.2) is 0 Å². The van der Waals surface area contributed by atoms with Gasteiger partial charge in [-0.05, 0) is 30.3 Å². The Morgan fingerprint density at radius 2 is 1.57 bits per heavy atom. The molecule has 0 unspecified atom stereocenters. The monoisotopic (exact) mass is 480 g/mol. The summed E-state index contributed by atoms with van der Waals surface area (Å²) < 4.78 is 13.0. The van der Waals surface area contributed by atoms with Gasteiger partial charge in [0.05, 0.1) is 18.5 Å². The topological polar surface area (TPSA) is 101 Å². The lowest BCUT2D eigenvalue weighted by Gasteiger charge is -2.38. The molecule has 11 heteroatoms. The van der Waals surface area contributed by atoms with Crippen molar-refractivity contribution in [3.8, 4) is 0 Å². The number of rotatable bonds is 6. The Balaban J connectivity index is 1.04. The van der Waals surface area contributed by atoms with Gasteiger partial charge in [-0.25, -0.2) is 14.4 Å². The maximum Gasteiger partial charge on any atom is 0.238 e. The molecule has 2 saturated heterocycles. The highest BCUT2D eigenvalue weighted by atomic mass is 19.1. The Morgan fingerprint density at radius 3 is 2.31 bits per heavy atom. The Bertz CT molecular complexity index is 1170. The van der Waals surface area contributed by atoms with Crippen molar-refractivity contribution >= 4 is 34.4 Å². The number of benzene rings is 1. The number of anilines is 2. The number of halogens is 1. The highest BCUT2D eigenvalue weighted by molar-refractivity contribution is 5.92. The number of amides is 2. The zero-order valence-corrected chi connectivity index (χ0v) is 19.5. The number of aromatic nitrogens is 3. The second-order valence-corrected chi connectivity index (χ2v) is 8.91. The third-order valence-electron chi connectivity index (χ3n) is 6.58. The molecule has 2 fully saturated rings. The molecule has 3 aromatic rings. The molecular formula is C24H29FN8O2. The van der Waals surface area contributed by atoms with Crippen molar-refractivity contribution in [1.29, 1.82) is 0 Å². The van der Waals surface area contributed by atoms with Crippen LogP contribution >= 0.6 is 0 Å². The second kappa shape index (κ2) is 10.4. The zero-order valence-electron chi connectivity index (χ0n) is 19.5. The summed E-state index contributed by atoms with van der Waals surface area (Å²) in [6.45, 7) is 6.37. The highest BCUT2D eigenvalue weighted by Crippen LogP contribution is 2.23. The van der Waals surface area contributed by atoms with Crippen LogP contribution in [0.3, 0.4) is 0 Å². The smallest absolute Gasteiger partial charge is 0.238 e. The average Bonchev–Trinajstić information content (AvgIpc) is 3.36. The van der Waals surface area contributed by atoms with E-state index in [-0.39, 0.29) is 24.2 Å². The van der Waals surface area contributed by atoms with Gasteiger partial charge in [-0.15, -0.1) is 0 Å². The van der Waals surface area contributed by atoms with E-state index in [1.807, 2.05) is 22.1 Å². The van der Waals surface area contributed by atoms with Gasteiger partial charge in [-0.3, -0.25) is 19.4 Å². The molecule has 5 rings (SSSR count). The third kappa shape index (κ3) is 5.57. The molecule has 0 spiro atoms. The summed E-state index contributed by atoms with van der Waals surface area (Å²) in [5.74, 6) is 0.579. The van der Waals surface area contributed by atoms with E-state index in [2.05, 4.69) is 30.1 Å². The molecule has 2 aromatic heterocycles. The van der Waals surface area contributed by atoms with Crippen LogP contribution in [0.15, 0.2) is 42.9 Å². The van der Waals surface area contributed by atoms with E-state index in [0.29, 0.717) is 38.4 Å². The van der Waals surface area contributed by atoms with Crippen LogP contribution in [0.4, 0.5) is 15.9 Å². The third-order valence-corrected chi connectivity index (χ3v) is 6.58. The van der Waals surface area contributed by atoms with E-state index in [1.165, 1.54) is 24.3 Å². The molecule has 4 heterocycles. The molecule has 10 nitrogen and oxygen atoms in total. The molecule has 2 N–H and O–H groups in total. The number of nitrogens with zero attached hydrogens (tertiary/aromatic N) is 6. The number of aromatic amines is 1. The average molecular weight is 481 g/mol. The minimum atomic E-state index is -0.338. The van der Waals surface area contributed by atoms with E-state index in [1.54, 1.807) is 6.33 Å². The number of hydrogen-bond donors (Lipinski definition) is 2. The zero-order chi connectivity index (χ0) is 24.2. The van der Waals surface area contributed by atoms with Crippen LogP contribution in [0.5, 0.6) is 0 Å². The molecule has 2 aliphatic heterocycles. The molecule has 0 saturated carbocycles. The van der Waals surface area contributed by atoms with Crippen LogP contribution in [0.2, 0.25) is 0 Å². The van der Waals surface area contributed by atoms with E-state index in [4.69, 9.17) is 0 Å². The van der Waals surface area contributed by atoms with Gasteiger partial charge >= 0.3 is 0 Å². The van der Waals surface area contributed by atoms with Gasteiger partial charge in [0, 0.05) is 64.2 Å². The number of hydrogen-bond acceptors (Lipinski definition) is 7. The number of nitrogens with one attached hydrogen (secondary N) is 2. The van der Waals surface area contributed by atoms with Crippen molar-refractivity contribution in [2.45, 2.75) is 0 Å². The Hall–Kier alpha value is -3.57. The van der Waals surface area contributed by atoms with Crippen LogP contribution in [-0.2, 0) is 9.59 Å². The van der Waals surface area contributed by atoms with Gasteiger partial charge in [0.1, 0.15) is 23.6 Å². The molecule has 2 aliphatic rings. The summed E-state index contributed by atoms with van der Waals surface area (Å²) in [4.78, 5) is 45.3. The van der Waals surface area contributed by atoms with Gasteiger partial charge < -0.3 is 20.1 Å². The summed E-state index contributed by atoms with van der Waals surface area (Å²) >= 11 is 0. The molecule has 0 atom stereocenters. The summed E-state index contributed by atoms with van der Waals surface area (Å²) in [5.41, 5.74) is 1.40. The molecule has 0 radical (unpaired) electrons. The molecule has 1 aromatic carbocycles. The van der Waals surface area contributed by atoms with Crippen LogP contribution in [0.1, 0.15) is 0 Å². The van der Waals surface area contributed by atoms with E-state index in [9.17, 15) is 14.0 Å². The Labute approximate surface area is 202 Å². The lowest BCUT2D eigenvalue weighted by molar-refractivity contribution is -0.134. The Kier molecular flexibility index (Phi) is 6.87. The molecular weight excluding hydrogens is 451 g/mol. The first-order chi connectivity index (χ1) is 17.0. The number of fused-ring (bicyclic) bond motifs is 1. The van der Waals surface area contributed by atoms with Crippen molar-refractivity contribution < 1.29 is 14.0 Å². The number of carbonyl (C=O) groups is 2. The van der Waals surface area contributed by atoms with Crippen molar-refractivity contribution in [3.05, 3.63) is 48.7 Å². The van der Waals surface area contributed by atoms with E-state index in [0.717, 1.165) is 43.0 Å².